The Balaban J connectivity index is 2.41. The predicted octanol–water partition coefficient (Wildman–Crippen LogP) is 0.765. The van der Waals surface area contributed by atoms with Crippen LogP contribution in [0.15, 0.2) is 17.8 Å². The Labute approximate surface area is 78.5 Å². The normalized spacial score (nSPS) is 10.2. The number of anilines is 2. The first-order valence-electron chi connectivity index (χ1n) is 3.54. The van der Waals surface area contributed by atoms with E-state index in [0.29, 0.717) is 16.6 Å². The van der Waals surface area contributed by atoms with E-state index in [4.69, 9.17) is 11.5 Å². The second-order valence-corrected chi connectivity index (χ2v) is 3.29. The van der Waals surface area contributed by atoms with E-state index in [1.165, 1.54) is 17.5 Å². The molecule has 0 bridgehead atoms. The summed E-state index contributed by atoms with van der Waals surface area (Å²) in [6.45, 7) is 0. The van der Waals surface area contributed by atoms with Crippen LogP contribution in [0.1, 0.15) is 0 Å². The Kier molecular flexibility index (Phi) is 1.82. The number of hydrogen-bond acceptors (Lipinski definition) is 6. The van der Waals surface area contributed by atoms with Crippen molar-refractivity contribution in [1.29, 1.82) is 0 Å². The minimum atomic E-state index is 0.395. The summed E-state index contributed by atoms with van der Waals surface area (Å²) in [6, 6.07) is 0. The topological polar surface area (TPSA) is 90.7 Å². The molecule has 2 aromatic heterocycles. The molecule has 6 heteroatoms. The molecule has 0 unspecified atom stereocenters. The maximum atomic E-state index is 5.48. The average molecular weight is 193 g/mol. The first-order valence-corrected chi connectivity index (χ1v) is 4.42. The van der Waals surface area contributed by atoms with Gasteiger partial charge in [-0.05, 0) is 0 Å². The number of nitrogen functional groups attached to an aromatic ring is 2. The summed E-state index contributed by atoms with van der Waals surface area (Å²) in [5.41, 5.74) is 12.3. The summed E-state index contributed by atoms with van der Waals surface area (Å²) >= 11 is 1.37. The third-order valence-corrected chi connectivity index (χ3v) is 2.13. The molecule has 0 aliphatic carbocycles. The summed E-state index contributed by atoms with van der Waals surface area (Å²) in [5, 5.41) is 2.35. The van der Waals surface area contributed by atoms with Crippen LogP contribution in [0.25, 0.3) is 11.4 Å². The van der Waals surface area contributed by atoms with Crippen molar-refractivity contribution < 1.29 is 0 Å². The lowest BCUT2D eigenvalue weighted by Crippen LogP contribution is -1.92. The summed E-state index contributed by atoms with van der Waals surface area (Å²) < 4.78 is 0. The molecule has 0 aromatic carbocycles. The van der Waals surface area contributed by atoms with Crippen LogP contribution < -0.4 is 11.5 Å². The monoisotopic (exact) mass is 193 g/mol. The highest BCUT2D eigenvalue weighted by Crippen LogP contribution is 2.20. The van der Waals surface area contributed by atoms with Gasteiger partial charge in [0.2, 0.25) is 0 Å². The number of nitrogens with zero attached hydrogens (tertiary/aromatic N) is 3. The molecule has 0 fully saturated rings. The summed E-state index contributed by atoms with van der Waals surface area (Å²) in [6.07, 6.45) is 3.06. The van der Waals surface area contributed by atoms with Crippen molar-refractivity contribution in [2.24, 2.45) is 0 Å². The fourth-order valence-electron chi connectivity index (χ4n) is 0.876. The Morgan fingerprint density at radius 2 is 1.92 bits per heavy atom. The minimum Gasteiger partial charge on any atom is -0.382 e. The third kappa shape index (κ3) is 1.57. The standard InChI is InChI=1S/C7H7N5S/c8-6-2-10-4(1-11-6)5-3-13-7(9)12-5/h1-3H,(H2,8,11)(H2,9,12). The van der Waals surface area contributed by atoms with E-state index in [-0.39, 0.29) is 0 Å². The van der Waals surface area contributed by atoms with Crippen molar-refractivity contribution in [2.45, 2.75) is 0 Å². The van der Waals surface area contributed by atoms with Crippen molar-refractivity contribution in [1.82, 2.24) is 15.0 Å². The Morgan fingerprint density at radius 1 is 1.08 bits per heavy atom. The van der Waals surface area contributed by atoms with E-state index in [0.717, 1.165) is 5.69 Å². The summed E-state index contributed by atoms with van der Waals surface area (Å²) in [5.74, 6) is 0.395. The highest BCUT2D eigenvalue weighted by Gasteiger charge is 2.03. The SMILES string of the molecule is Nc1cnc(-c2csc(N)n2)cn1. The van der Waals surface area contributed by atoms with Gasteiger partial charge >= 0.3 is 0 Å². The van der Waals surface area contributed by atoms with E-state index < -0.39 is 0 Å². The van der Waals surface area contributed by atoms with Gasteiger partial charge in [-0.15, -0.1) is 11.3 Å². The molecule has 0 saturated heterocycles. The molecule has 2 aromatic rings. The third-order valence-electron chi connectivity index (χ3n) is 1.46. The van der Waals surface area contributed by atoms with Gasteiger partial charge < -0.3 is 11.5 Å². The van der Waals surface area contributed by atoms with Crippen LogP contribution in [0.2, 0.25) is 0 Å². The summed E-state index contributed by atoms with van der Waals surface area (Å²) in [7, 11) is 0. The molecule has 0 aliphatic heterocycles. The van der Waals surface area contributed by atoms with E-state index in [9.17, 15) is 0 Å². The van der Waals surface area contributed by atoms with Crippen molar-refractivity contribution in [3.63, 3.8) is 0 Å². The molecule has 0 atom stereocenters. The van der Waals surface area contributed by atoms with Crippen LogP contribution in [0, 0.1) is 0 Å². The van der Waals surface area contributed by atoms with Gasteiger partial charge in [-0.2, -0.15) is 0 Å². The van der Waals surface area contributed by atoms with Crippen LogP contribution in [-0.2, 0) is 0 Å². The van der Waals surface area contributed by atoms with E-state index >= 15 is 0 Å². The second kappa shape index (κ2) is 2.98. The molecular formula is C7H7N5S. The molecule has 13 heavy (non-hydrogen) atoms. The molecule has 0 radical (unpaired) electrons. The maximum Gasteiger partial charge on any atom is 0.180 e. The van der Waals surface area contributed by atoms with Crippen molar-refractivity contribution >= 4 is 22.3 Å². The van der Waals surface area contributed by atoms with Crippen LogP contribution in [0.4, 0.5) is 10.9 Å². The van der Waals surface area contributed by atoms with Crippen molar-refractivity contribution in [3.05, 3.63) is 17.8 Å². The average Bonchev–Trinajstić information content (AvgIpc) is 2.53. The minimum absolute atomic E-state index is 0.395. The molecule has 2 heterocycles. The fraction of sp³-hybridized carbons (Fsp3) is 0. The van der Waals surface area contributed by atoms with Crippen LogP contribution >= 0.6 is 11.3 Å². The van der Waals surface area contributed by atoms with Gasteiger partial charge in [0.25, 0.3) is 0 Å². The zero-order valence-corrected chi connectivity index (χ0v) is 7.45. The van der Waals surface area contributed by atoms with Crippen molar-refractivity contribution in [3.8, 4) is 11.4 Å². The van der Waals surface area contributed by atoms with E-state index in [2.05, 4.69) is 15.0 Å². The zero-order valence-electron chi connectivity index (χ0n) is 6.64. The number of rotatable bonds is 1. The largest absolute Gasteiger partial charge is 0.382 e. The van der Waals surface area contributed by atoms with Crippen LogP contribution in [0.3, 0.4) is 0 Å². The van der Waals surface area contributed by atoms with Gasteiger partial charge in [-0.3, -0.25) is 0 Å². The molecule has 0 saturated carbocycles. The fourth-order valence-corrected chi connectivity index (χ4v) is 1.43. The van der Waals surface area contributed by atoms with Gasteiger partial charge in [-0.1, -0.05) is 0 Å². The summed E-state index contributed by atoms with van der Waals surface area (Å²) in [4.78, 5) is 12.0. The van der Waals surface area contributed by atoms with Crippen LogP contribution in [0.5, 0.6) is 0 Å². The lowest BCUT2D eigenvalue weighted by atomic mass is 10.3. The molecule has 0 spiro atoms. The lowest BCUT2D eigenvalue weighted by Gasteiger charge is -1.94. The zero-order chi connectivity index (χ0) is 9.26. The Bertz CT molecular complexity index is 407. The molecule has 5 nitrogen and oxygen atoms in total. The molecule has 4 N–H and O–H groups in total. The highest BCUT2D eigenvalue weighted by atomic mass is 32.1. The number of nitrogens with two attached hydrogens (primary N) is 2. The smallest absolute Gasteiger partial charge is 0.180 e. The molecular weight excluding hydrogens is 186 g/mol. The van der Waals surface area contributed by atoms with E-state index in [1.54, 1.807) is 6.20 Å². The predicted molar refractivity (Wildman–Crippen MR) is 52.0 cm³/mol. The lowest BCUT2D eigenvalue weighted by molar-refractivity contribution is 1.20. The number of thiazole rings is 1. The van der Waals surface area contributed by atoms with Gasteiger partial charge in [0, 0.05) is 5.38 Å². The molecule has 2 rings (SSSR count). The quantitative estimate of drug-likeness (QED) is 0.697. The second-order valence-electron chi connectivity index (χ2n) is 2.40. The molecule has 0 aliphatic rings. The Morgan fingerprint density at radius 3 is 2.46 bits per heavy atom. The maximum absolute atomic E-state index is 5.48. The first kappa shape index (κ1) is 7.93. The van der Waals surface area contributed by atoms with Gasteiger partial charge in [0.15, 0.2) is 5.13 Å². The number of hydrogen-bond donors (Lipinski definition) is 2. The van der Waals surface area contributed by atoms with Crippen LogP contribution in [-0.4, -0.2) is 15.0 Å². The van der Waals surface area contributed by atoms with Crippen molar-refractivity contribution in [2.75, 3.05) is 11.5 Å². The van der Waals surface area contributed by atoms with Gasteiger partial charge in [-0.25, -0.2) is 15.0 Å². The first-order chi connectivity index (χ1) is 6.25. The van der Waals surface area contributed by atoms with Gasteiger partial charge in [0.1, 0.15) is 17.2 Å². The van der Waals surface area contributed by atoms with E-state index in [1.807, 2.05) is 5.38 Å². The van der Waals surface area contributed by atoms with Gasteiger partial charge in [0.05, 0.1) is 12.4 Å². The molecule has 66 valence electrons. The Hall–Kier alpha value is -1.69. The molecule has 0 amide bonds. The highest BCUT2D eigenvalue weighted by molar-refractivity contribution is 7.13. The number of aromatic nitrogens is 3.